The van der Waals surface area contributed by atoms with E-state index >= 15 is 0 Å². The van der Waals surface area contributed by atoms with Crippen LogP contribution in [0.3, 0.4) is 0 Å². The number of aliphatic imine (C=N–C) groups is 1. The van der Waals surface area contributed by atoms with Gasteiger partial charge in [0.05, 0.1) is 5.75 Å². The molecular formula is C15H32N4O2S. The lowest BCUT2D eigenvalue weighted by atomic mass is 9.80. The lowest BCUT2D eigenvalue weighted by molar-refractivity contribution is 0.250. The first-order chi connectivity index (χ1) is 10.4. The highest BCUT2D eigenvalue weighted by Gasteiger charge is 2.23. The Labute approximate surface area is 135 Å². The highest BCUT2D eigenvalue weighted by Crippen LogP contribution is 2.29. The van der Waals surface area contributed by atoms with Crippen molar-refractivity contribution in [1.82, 2.24) is 15.4 Å². The van der Waals surface area contributed by atoms with Crippen molar-refractivity contribution in [3.63, 3.8) is 0 Å². The molecule has 0 amide bonds. The normalized spacial score (nSPS) is 23.6. The number of rotatable bonds is 7. The molecule has 130 valence electrons. The molecule has 1 aliphatic rings. The SMILES string of the molecule is CCS(=O)(=O)NCCNC(=NC)NC1CCC(C(C)C)CC1. The maximum atomic E-state index is 11.3. The average Bonchev–Trinajstić information content (AvgIpc) is 2.50. The molecule has 0 aromatic rings. The molecule has 7 heteroatoms. The third kappa shape index (κ3) is 6.96. The van der Waals surface area contributed by atoms with Gasteiger partial charge in [0.15, 0.2) is 5.96 Å². The van der Waals surface area contributed by atoms with Crippen LogP contribution < -0.4 is 15.4 Å². The number of sulfonamides is 1. The van der Waals surface area contributed by atoms with Crippen molar-refractivity contribution < 1.29 is 8.42 Å². The zero-order valence-electron chi connectivity index (χ0n) is 14.4. The van der Waals surface area contributed by atoms with Crippen molar-refractivity contribution in [2.75, 3.05) is 25.9 Å². The summed E-state index contributed by atoms with van der Waals surface area (Å²) in [6.07, 6.45) is 4.88. The second kappa shape index (κ2) is 9.35. The van der Waals surface area contributed by atoms with Gasteiger partial charge in [-0.2, -0.15) is 0 Å². The minimum absolute atomic E-state index is 0.110. The van der Waals surface area contributed by atoms with Crippen LogP contribution in [0.2, 0.25) is 0 Å². The van der Waals surface area contributed by atoms with Gasteiger partial charge in [-0.1, -0.05) is 13.8 Å². The van der Waals surface area contributed by atoms with Gasteiger partial charge in [-0.05, 0) is 44.4 Å². The molecule has 0 heterocycles. The summed E-state index contributed by atoms with van der Waals surface area (Å²) >= 11 is 0. The standard InChI is InChI=1S/C15H32N4O2S/c1-5-22(20,21)18-11-10-17-15(16-4)19-14-8-6-13(7-9-14)12(2)3/h12-14,18H,5-11H2,1-4H3,(H2,16,17,19). The second-order valence-electron chi connectivity index (χ2n) is 6.30. The fourth-order valence-electron chi connectivity index (χ4n) is 2.81. The Hall–Kier alpha value is -0.820. The van der Waals surface area contributed by atoms with Crippen LogP contribution in [0, 0.1) is 11.8 Å². The zero-order valence-corrected chi connectivity index (χ0v) is 15.2. The highest BCUT2D eigenvalue weighted by molar-refractivity contribution is 7.89. The minimum Gasteiger partial charge on any atom is -0.355 e. The zero-order chi connectivity index (χ0) is 16.6. The Kier molecular flexibility index (Phi) is 8.17. The quantitative estimate of drug-likeness (QED) is 0.373. The van der Waals surface area contributed by atoms with E-state index in [1.165, 1.54) is 25.7 Å². The number of hydrogen-bond acceptors (Lipinski definition) is 3. The van der Waals surface area contributed by atoms with Gasteiger partial charge in [0.25, 0.3) is 0 Å². The molecule has 0 spiro atoms. The first-order valence-electron chi connectivity index (χ1n) is 8.32. The maximum Gasteiger partial charge on any atom is 0.211 e. The second-order valence-corrected chi connectivity index (χ2v) is 8.39. The van der Waals surface area contributed by atoms with E-state index in [9.17, 15) is 8.42 Å². The Morgan fingerprint density at radius 1 is 1.18 bits per heavy atom. The third-order valence-electron chi connectivity index (χ3n) is 4.40. The molecule has 0 saturated heterocycles. The molecule has 0 bridgehead atoms. The Bertz CT molecular complexity index is 440. The summed E-state index contributed by atoms with van der Waals surface area (Å²) in [4.78, 5) is 4.21. The number of nitrogens with one attached hydrogen (secondary N) is 3. The molecule has 3 N–H and O–H groups in total. The van der Waals surface area contributed by atoms with Crippen LogP contribution >= 0.6 is 0 Å². The van der Waals surface area contributed by atoms with Crippen LogP contribution in [0.4, 0.5) is 0 Å². The van der Waals surface area contributed by atoms with Crippen molar-refractivity contribution in [1.29, 1.82) is 0 Å². The van der Waals surface area contributed by atoms with Crippen LogP contribution in [-0.4, -0.2) is 46.3 Å². The monoisotopic (exact) mass is 332 g/mol. The number of hydrogen-bond donors (Lipinski definition) is 3. The largest absolute Gasteiger partial charge is 0.355 e. The van der Waals surface area contributed by atoms with E-state index in [2.05, 4.69) is 34.2 Å². The van der Waals surface area contributed by atoms with E-state index < -0.39 is 10.0 Å². The van der Waals surface area contributed by atoms with E-state index in [0.717, 1.165) is 17.8 Å². The third-order valence-corrected chi connectivity index (χ3v) is 5.80. The van der Waals surface area contributed by atoms with Gasteiger partial charge in [-0.3, -0.25) is 4.99 Å². The van der Waals surface area contributed by atoms with Gasteiger partial charge < -0.3 is 10.6 Å². The molecule has 0 radical (unpaired) electrons. The lowest BCUT2D eigenvalue weighted by Crippen LogP contribution is -2.47. The molecular weight excluding hydrogens is 300 g/mol. The van der Waals surface area contributed by atoms with Crippen LogP contribution in [0.15, 0.2) is 4.99 Å². The fraction of sp³-hybridized carbons (Fsp3) is 0.933. The maximum absolute atomic E-state index is 11.3. The minimum atomic E-state index is -3.12. The van der Waals surface area contributed by atoms with Crippen molar-refractivity contribution in [3.8, 4) is 0 Å². The van der Waals surface area contributed by atoms with E-state index in [1.54, 1.807) is 14.0 Å². The molecule has 1 rings (SSSR count). The van der Waals surface area contributed by atoms with Crippen molar-refractivity contribution >= 4 is 16.0 Å². The number of nitrogens with zero attached hydrogens (tertiary/aromatic N) is 1. The lowest BCUT2D eigenvalue weighted by Gasteiger charge is -2.32. The van der Waals surface area contributed by atoms with Gasteiger partial charge in [0, 0.05) is 26.2 Å². The highest BCUT2D eigenvalue weighted by atomic mass is 32.2. The molecule has 0 unspecified atom stereocenters. The predicted octanol–water partition coefficient (Wildman–Crippen LogP) is 1.31. The van der Waals surface area contributed by atoms with Crippen LogP contribution in [0.5, 0.6) is 0 Å². The molecule has 6 nitrogen and oxygen atoms in total. The Morgan fingerprint density at radius 3 is 2.32 bits per heavy atom. The molecule has 0 aromatic heterocycles. The fourth-order valence-corrected chi connectivity index (χ4v) is 3.42. The van der Waals surface area contributed by atoms with Crippen LogP contribution in [0.25, 0.3) is 0 Å². The van der Waals surface area contributed by atoms with Gasteiger partial charge in [-0.25, -0.2) is 13.1 Å². The molecule has 1 aliphatic carbocycles. The van der Waals surface area contributed by atoms with Gasteiger partial charge in [0.2, 0.25) is 10.0 Å². The topological polar surface area (TPSA) is 82.6 Å². The first-order valence-corrected chi connectivity index (χ1v) is 9.97. The average molecular weight is 333 g/mol. The number of guanidine groups is 1. The summed E-state index contributed by atoms with van der Waals surface area (Å²) in [5.74, 6) is 2.48. The van der Waals surface area contributed by atoms with E-state index in [4.69, 9.17) is 0 Å². The summed E-state index contributed by atoms with van der Waals surface area (Å²) in [5.41, 5.74) is 0. The van der Waals surface area contributed by atoms with Crippen LogP contribution in [-0.2, 0) is 10.0 Å². The molecule has 1 saturated carbocycles. The molecule has 0 atom stereocenters. The van der Waals surface area contributed by atoms with E-state index in [-0.39, 0.29) is 5.75 Å². The summed E-state index contributed by atoms with van der Waals surface area (Å²) in [7, 11) is -1.37. The predicted molar refractivity (Wildman–Crippen MR) is 92.5 cm³/mol. The molecule has 0 aliphatic heterocycles. The van der Waals surface area contributed by atoms with Crippen molar-refractivity contribution in [3.05, 3.63) is 0 Å². The van der Waals surface area contributed by atoms with E-state index in [0.29, 0.717) is 19.1 Å². The Balaban J connectivity index is 2.26. The molecule has 22 heavy (non-hydrogen) atoms. The van der Waals surface area contributed by atoms with Gasteiger partial charge in [0.1, 0.15) is 0 Å². The van der Waals surface area contributed by atoms with Crippen molar-refractivity contribution in [2.24, 2.45) is 16.8 Å². The summed E-state index contributed by atoms with van der Waals surface area (Å²) < 4.78 is 25.2. The Morgan fingerprint density at radius 2 is 1.82 bits per heavy atom. The van der Waals surface area contributed by atoms with Gasteiger partial charge in [-0.15, -0.1) is 0 Å². The van der Waals surface area contributed by atoms with E-state index in [1.807, 2.05) is 0 Å². The van der Waals surface area contributed by atoms with Crippen LogP contribution in [0.1, 0.15) is 46.5 Å². The van der Waals surface area contributed by atoms with Gasteiger partial charge >= 0.3 is 0 Å². The summed E-state index contributed by atoms with van der Waals surface area (Å²) in [6.45, 7) is 7.13. The molecule has 0 aromatic carbocycles. The first kappa shape index (κ1) is 19.2. The molecule has 1 fully saturated rings. The summed E-state index contributed by atoms with van der Waals surface area (Å²) in [6, 6.07) is 0.466. The smallest absolute Gasteiger partial charge is 0.211 e. The summed E-state index contributed by atoms with van der Waals surface area (Å²) in [5, 5.41) is 6.60. The van der Waals surface area contributed by atoms with Crippen molar-refractivity contribution in [2.45, 2.75) is 52.5 Å².